The van der Waals surface area contributed by atoms with E-state index < -0.39 is 0 Å². The van der Waals surface area contributed by atoms with Crippen LogP contribution in [0.2, 0.25) is 0 Å². The molecule has 348 valence electrons. The Morgan fingerprint density at radius 3 is 1.20 bits per heavy atom. The van der Waals surface area contributed by atoms with Crippen LogP contribution >= 0.6 is 0 Å². The minimum absolute atomic E-state index is 0.0177. The quantitative estimate of drug-likeness (QED) is 0.0344. The van der Waals surface area contributed by atoms with Gasteiger partial charge in [-0.2, -0.15) is 0 Å². The van der Waals surface area contributed by atoms with E-state index in [1.165, 1.54) is 135 Å². The zero-order valence-electron chi connectivity index (χ0n) is 39.8. The standard InChI is InChI=1S/C52H99NO6/c1-5-9-31-47(32-10-6-2)39-45-57-50(54)37-26-21-17-13-15-19-24-35-49(52(56)59-44-30-43-53-41-28-23-29-42-53)36-25-20-16-14-18-22-27-38-51(55)58-46-40-48(33-11-7-3)34-12-8-4/h47-49H,5-46H2,1-4H3. The number of rotatable bonds is 43. The van der Waals surface area contributed by atoms with Crippen molar-refractivity contribution in [1.29, 1.82) is 0 Å². The van der Waals surface area contributed by atoms with Gasteiger partial charge in [-0.15, -0.1) is 0 Å². The molecule has 59 heavy (non-hydrogen) atoms. The fourth-order valence-corrected chi connectivity index (χ4v) is 8.89. The number of unbranched alkanes of at least 4 members (excludes halogenated alkanes) is 16. The summed E-state index contributed by atoms with van der Waals surface area (Å²) in [6.45, 7) is 14.1. The molecule has 0 aromatic carbocycles. The fraction of sp³-hybridized carbons (Fsp3) is 0.942. The van der Waals surface area contributed by atoms with Crippen LogP contribution in [0.1, 0.15) is 259 Å². The van der Waals surface area contributed by atoms with Crippen LogP contribution in [-0.2, 0) is 28.6 Å². The van der Waals surface area contributed by atoms with Gasteiger partial charge in [0.1, 0.15) is 0 Å². The maximum Gasteiger partial charge on any atom is 0.308 e. The molecular weight excluding hydrogens is 735 g/mol. The lowest BCUT2D eigenvalue weighted by Gasteiger charge is -2.26. The number of likely N-dealkylation sites (tertiary alicyclic amines) is 1. The van der Waals surface area contributed by atoms with Gasteiger partial charge in [0, 0.05) is 19.4 Å². The average Bonchev–Trinajstić information content (AvgIpc) is 3.24. The van der Waals surface area contributed by atoms with E-state index in [-0.39, 0.29) is 23.8 Å². The van der Waals surface area contributed by atoms with Gasteiger partial charge in [0.25, 0.3) is 0 Å². The van der Waals surface area contributed by atoms with Crippen LogP contribution in [0.3, 0.4) is 0 Å². The molecule has 0 aliphatic carbocycles. The van der Waals surface area contributed by atoms with Gasteiger partial charge >= 0.3 is 17.9 Å². The number of piperidine rings is 1. The Kier molecular flexibility index (Phi) is 39.2. The lowest BCUT2D eigenvalue weighted by atomic mass is 9.93. The molecule has 1 fully saturated rings. The molecule has 1 aliphatic rings. The molecule has 0 saturated carbocycles. The summed E-state index contributed by atoms with van der Waals surface area (Å²) in [4.78, 5) is 40.3. The number of esters is 3. The Labute approximate surface area is 366 Å². The van der Waals surface area contributed by atoms with Gasteiger partial charge in [0.15, 0.2) is 0 Å². The van der Waals surface area contributed by atoms with Crippen LogP contribution in [0.5, 0.6) is 0 Å². The van der Waals surface area contributed by atoms with Crippen molar-refractivity contribution in [3.63, 3.8) is 0 Å². The summed E-state index contributed by atoms with van der Waals surface area (Å²) in [7, 11) is 0. The van der Waals surface area contributed by atoms with Gasteiger partial charge in [-0.05, 0) is 82.7 Å². The Morgan fingerprint density at radius 2 is 0.797 bits per heavy atom. The van der Waals surface area contributed by atoms with E-state index in [1.54, 1.807) is 0 Å². The van der Waals surface area contributed by atoms with E-state index >= 15 is 0 Å². The first-order valence-corrected chi connectivity index (χ1v) is 26.1. The number of hydrogen-bond donors (Lipinski definition) is 0. The van der Waals surface area contributed by atoms with Crippen molar-refractivity contribution in [2.24, 2.45) is 17.8 Å². The molecule has 0 amide bonds. The lowest BCUT2D eigenvalue weighted by Crippen LogP contribution is -2.31. The summed E-state index contributed by atoms with van der Waals surface area (Å²) in [6, 6.07) is 0. The van der Waals surface area contributed by atoms with Gasteiger partial charge in [-0.1, -0.05) is 188 Å². The highest BCUT2D eigenvalue weighted by molar-refractivity contribution is 5.72. The van der Waals surface area contributed by atoms with E-state index in [1.807, 2.05) is 0 Å². The van der Waals surface area contributed by atoms with Crippen molar-refractivity contribution in [1.82, 2.24) is 4.90 Å². The molecule has 1 saturated heterocycles. The Morgan fingerprint density at radius 1 is 0.407 bits per heavy atom. The number of carbonyl (C=O) groups is 3. The molecule has 0 bridgehead atoms. The molecule has 0 aromatic heterocycles. The molecule has 1 heterocycles. The first kappa shape index (κ1) is 55.4. The van der Waals surface area contributed by atoms with E-state index in [0.717, 1.165) is 103 Å². The molecule has 0 unspecified atom stereocenters. The van der Waals surface area contributed by atoms with Crippen LogP contribution in [0.25, 0.3) is 0 Å². The molecule has 0 radical (unpaired) electrons. The number of nitrogens with zero attached hydrogens (tertiary/aromatic N) is 1. The van der Waals surface area contributed by atoms with E-state index in [9.17, 15) is 14.4 Å². The van der Waals surface area contributed by atoms with Crippen molar-refractivity contribution < 1.29 is 28.6 Å². The first-order chi connectivity index (χ1) is 28.9. The molecule has 1 rings (SSSR count). The van der Waals surface area contributed by atoms with Gasteiger partial charge in [-0.25, -0.2) is 0 Å². The number of carbonyl (C=O) groups excluding carboxylic acids is 3. The molecule has 7 nitrogen and oxygen atoms in total. The van der Waals surface area contributed by atoms with Crippen LogP contribution < -0.4 is 0 Å². The van der Waals surface area contributed by atoms with E-state index in [4.69, 9.17) is 14.2 Å². The average molecular weight is 834 g/mol. The molecule has 0 atom stereocenters. The topological polar surface area (TPSA) is 82.1 Å². The maximum absolute atomic E-state index is 13.2. The Hall–Kier alpha value is -1.63. The SMILES string of the molecule is CCCCC(CCCC)CCOC(=O)CCCCCCCCCC(CCCCCCCCCC(=O)OCCC(CCCC)CCCC)C(=O)OCCCN1CCCCC1. The van der Waals surface area contributed by atoms with Crippen LogP contribution in [0.4, 0.5) is 0 Å². The summed E-state index contributed by atoms with van der Waals surface area (Å²) in [5.74, 6) is 1.41. The molecular formula is C52H99NO6. The molecule has 1 aliphatic heterocycles. The highest BCUT2D eigenvalue weighted by Gasteiger charge is 2.20. The Balaban J connectivity index is 2.24. The summed E-state index contributed by atoms with van der Waals surface area (Å²) < 4.78 is 17.1. The third-order valence-electron chi connectivity index (χ3n) is 13.0. The minimum Gasteiger partial charge on any atom is -0.466 e. The van der Waals surface area contributed by atoms with Crippen molar-refractivity contribution in [3.8, 4) is 0 Å². The van der Waals surface area contributed by atoms with Crippen molar-refractivity contribution in [3.05, 3.63) is 0 Å². The highest BCUT2D eigenvalue weighted by Crippen LogP contribution is 2.23. The smallest absolute Gasteiger partial charge is 0.308 e. The first-order valence-electron chi connectivity index (χ1n) is 26.1. The van der Waals surface area contributed by atoms with Crippen molar-refractivity contribution in [2.75, 3.05) is 39.5 Å². The molecule has 0 N–H and O–H groups in total. The zero-order valence-corrected chi connectivity index (χ0v) is 39.8. The minimum atomic E-state index is -0.0210. The second-order valence-electron chi connectivity index (χ2n) is 18.5. The number of hydrogen-bond acceptors (Lipinski definition) is 7. The fourth-order valence-electron chi connectivity index (χ4n) is 8.89. The maximum atomic E-state index is 13.2. The van der Waals surface area contributed by atoms with Crippen molar-refractivity contribution in [2.45, 2.75) is 259 Å². The molecule has 0 spiro atoms. The summed E-state index contributed by atoms with van der Waals surface area (Å²) in [5.41, 5.74) is 0. The summed E-state index contributed by atoms with van der Waals surface area (Å²) in [6.07, 6.45) is 40.6. The van der Waals surface area contributed by atoms with Crippen LogP contribution in [0.15, 0.2) is 0 Å². The lowest BCUT2D eigenvalue weighted by molar-refractivity contribution is -0.149. The Bertz CT molecular complexity index is 879. The summed E-state index contributed by atoms with van der Waals surface area (Å²) >= 11 is 0. The van der Waals surface area contributed by atoms with Gasteiger partial charge in [0.05, 0.1) is 25.7 Å². The highest BCUT2D eigenvalue weighted by atomic mass is 16.5. The normalized spacial score (nSPS) is 13.5. The van der Waals surface area contributed by atoms with E-state index in [2.05, 4.69) is 32.6 Å². The zero-order chi connectivity index (χ0) is 42.9. The second kappa shape index (κ2) is 41.7. The second-order valence-corrected chi connectivity index (χ2v) is 18.5. The van der Waals surface area contributed by atoms with Gasteiger partial charge in [-0.3, -0.25) is 14.4 Å². The third kappa shape index (κ3) is 34.6. The van der Waals surface area contributed by atoms with Gasteiger partial charge in [0.2, 0.25) is 0 Å². The van der Waals surface area contributed by atoms with Crippen LogP contribution in [0, 0.1) is 17.8 Å². The van der Waals surface area contributed by atoms with E-state index in [0.29, 0.717) is 44.5 Å². The largest absolute Gasteiger partial charge is 0.466 e. The predicted molar refractivity (Wildman–Crippen MR) is 249 cm³/mol. The van der Waals surface area contributed by atoms with Crippen molar-refractivity contribution >= 4 is 17.9 Å². The molecule has 0 aromatic rings. The monoisotopic (exact) mass is 834 g/mol. The third-order valence-corrected chi connectivity index (χ3v) is 13.0. The number of ether oxygens (including phenoxy) is 3. The van der Waals surface area contributed by atoms with Crippen LogP contribution in [-0.4, -0.2) is 62.3 Å². The van der Waals surface area contributed by atoms with Gasteiger partial charge < -0.3 is 19.1 Å². The molecule has 7 heteroatoms. The summed E-state index contributed by atoms with van der Waals surface area (Å²) in [5, 5.41) is 0. The predicted octanol–water partition coefficient (Wildman–Crippen LogP) is 14.9.